The van der Waals surface area contributed by atoms with Gasteiger partial charge in [0.1, 0.15) is 30.0 Å². The summed E-state index contributed by atoms with van der Waals surface area (Å²) < 4.78 is 134. The van der Waals surface area contributed by atoms with Crippen molar-refractivity contribution in [2.45, 2.75) is 62.6 Å². The molecule has 2 aliphatic rings. The second-order valence-corrected chi connectivity index (χ2v) is 14.8. The second-order valence-electron chi connectivity index (χ2n) is 14.8. The minimum Gasteiger partial charge on any atom is -0.509 e. The van der Waals surface area contributed by atoms with Gasteiger partial charge in [-0.1, -0.05) is 18.9 Å². The van der Waals surface area contributed by atoms with Crippen LogP contribution < -0.4 is 15.4 Å². The van der Waals surface area contributed by atoms with Crippen molar-refractivity contribution in [3.05, 3.63) is 82.5 Å². The Labute approximate surface area is 366 Å². The van der Waals surface area contributed by atoms with Crippen LogP contribution >= 0.6 is 0 Å². The fraction of sp³-hybridized carbons (Fsp3) is 0.488. The smallest absolute Gasteiger partial charge is 0.433 e. The molecule has 1 aliphatic heterocycles. The summed E-state index contributed by atoms with van der Waals surface area (Å²) in [5.41, 5.74) is -7.23. The Morgan fingerprint density at radius 1 is 0.877 bits per heavy atom. The number of hydrogen-bond acceptors (Lipinski definition) is 13. The lowest BCUT2D eigenvalue weighted by Crippen LogP contribution is -2.62. The van der Waals surface area contributed by atoms with Gasteiger partial charge in [0.15, 0.2) is 11.6 Å². The number of halogens is 8. The Hall–Kier alpha value is -5.53. The Bertz CT molecular complexity index is 2190. The number of benzene rings is 2. The van der Waals surface area contributed by atoms with E-state index in [9.17, 15) is 50.9 Å². The van der Waals surface area contributed by atoms with E-state index in [4.69, 9.17) is 24.1 Å². The molecule has 5 N–H and O–H groups in total. The number of aliphatic hydroxyl groups excluding tert-OH is 3. The Morgan fingerprint density at radius 3 is 2.15 bits per heavy atom. The zero-order valence-corrected chi connectivity index (χ0v) is 34.7. The Balaban J connectivity index is 1.21. The first-order valence-electron chi connectivity index (χ1n) is 20.1. The highest BCUT2D eigenvalue weighted by Crippen LogP contribution is 2.45. The minimum atomic E-state index is -5.01. The molecule has 0 radical (unpaired) electrons. The zero-order chi connectivity index (χ0) is 47.5. The summed E-state index contributed by atoms with van der Waals surface area (Å²) in [6, 6.07) is 4.38. The van der Waals surface area contributed by atoms with E-state index in [1.165, 1.54) is 12.1 Å². The number of rotatable bonds is 21. The van der Waals surface area contributed by atoms with Gasteiger partial charge in [-0.3, -0.25) is 19.4 Å². The van der Waals surface area contributed by atoms with Crippen LogP contribution in [-0.4, -0.2) is 131 Å². The Morgan fingerprint density at radius 2 is 1.52 bits per heavy atom. The van der Waals surface area contributed by atoms with Gasteiger partial charge in [0.2, 0.25) is 11.7 Å². The van der Waals surface area contributed by atoms with E-state index in [1.54, 1.807) is 0 Å². The van der Waals surface area contributed by atoms with E-state index in [2.05, 4.69) is 20.6 Å². The van der Waals surface area contributed by atoms with Crippen molar-refractivity contribution in [2.24, 2.45) is 0 Å². The molecule has 2 heterocycles. The maximum Gasteiger partial charge on any atom is 0.433 e. The summed E-state index contributed by atoms with van der Waals surface area (Å²) >= 11 is 0. The molecule has 3 aromatic rings. The summed E-state index contributed by atoms with van der Waals surface area (Å²) in [5, 5.41) is 36.4. The quantitative estimate of drug-likeness (QED) is 0.0559. The fourth-order valence-corrected chi connectivity index (χ4v) is 7.04. The van der Waals surface area contributed by atoms with Crippen molar-refractivity contribution in [2.75, 3.05) is 71.8 Å². The van der Waals surface area contributed by atoms with Crippen LogP contribution in [0.1, 0.15) is 48.9 Å². The molecule has 65 heavy (non-hydrogen) atoms. The van der Waals surface area contributed by atoms with Gasteiger partial charge in [-0.15, -0.1) is 0 Å². The van der Waals surface area contributed by atoms with Crippen LogP contribution in [0.5, 0.6) is 5.75 Å². The van der Waals surface area contributed by atoms with Crippen LogP contribution in [0, 0.1) is 11.6 Å². The predicted molar refractivity (Wildman–Crippen MR) is 210 cm³/mol. The van der Waals surface area contributed by atoms with Crippen molar-refractivity contribution < 1.29 is 83.8 Å². The molecule has 356 valence electrons. The molecule has 5 rings (SSSR count). The molecule has 16 nitrogen and oxygen atoms in total. The van der Waals surface area contributed by atoms with Gasteiger partial charge >= 0.3 is 12.4 Å². The van der Waals surface area contributed by atoms with Crippen molar-refractivity contribution in [1.29, 1.82) is 0 Å². The molecular weight excluding hydrogens is 888 g/mol. The molecule has 1 spiro atoms. The zero-order valence-electron chi connectivity index (χ0n) is 34.7. The van der Waals surface area contributed by atoms with Gasteiger partial charge in [-0.05, 0) is 43.2 Å². The number of hydrogen-bond donors (Lipinski definition) is 5. The van der Waals surface area contributed by atoms with Crippen LogP contribution in [-0.2, 0) is 47.5 Å². The number of nitrogens with zero attached hydrogens (tertiary/aromatic N) is 4. The highest BCUT2D eigenvalue weighted by atomic mass is 19.4. The number of hydrazine groups is 1. The minimum absolute atomic E-state index is 0.0415. The molecule has 2 aromatic carbocycles. The number of ether oxygens (including phenoxy) is 4. The third-order valence-corrected chi connectivity index (χ3v) is 10.5. The summed E-state index contributed by atoms with van der Waals surface area (Å²) in [6.45, 7) is -0.688. The fourth-order valence-electron chi connectivity index (χ4n) is 7.04. The first-order chi connectivity index (χ1) is 30.8. The number of carbonyl (C=O) groups excluding carboxylic acids is 3. The molecule has 0 bridgehead atoms. The summed E-state index contributed by atoms with van der Waals surface area (Å²) in [6.07, 6.45) is -9.10. The van der Waals surface area contributed by atoms with E-state index >= 15 is 8.78 Å². The summed E-state index contributed by atoms with van der Waals surface area (Å²) in [4.78, 5) is 46.5. The largest absolute Gasteiger partial charge is 0.509 e. The summed E-state index contributed by atoms with van der Waals surface area (Å²) in [5.74, 6) is -6.90. The maximum atomic E-state index is 15.6. The third-order valence-electron chi connectivity index (χ3n) is 10.5. The second kappa shape index (κ2) is 22.1. The number of aliphatic hydroxyl groups is 3. The average molecular weight is 935 g/mol. The van der Waals surface area contributed by atoms with Crippen LogP contribution in [0.25, 0.3) is 11.3 Å². The maximum absolute atomic E-state index is 15.6. The molecular formula is C41H46F8N6O10. The van der Waals surface area contributed by atoms with Gasteiger partial charge in [0, 0.05) is 31.1 Å². The molecule has 1 saturated carbocycles. The van der Waals surface area contributed by atoms with Gasteiger partial charge < -0.3 is 44.9 Å². The molecule has 3 amide bonds. The average Bonchev–Trinajstić information content (AvgIpc) is 3.77. The lowest BCUT2D eigenvalue weighted by molar-refractivity contribution is -0.163. The Kier molecular flexibility index (Phi) is 17.2. The third kappa shape index (κ3) is 12.6. The van der Waals surface area contributed by atoms with Gasteiger partial charge in [0.05, 0.1) is 81.4 Å². The topological polar surface area (TPSA) is 205 Å². The number of carbonyl (C=O) groups is 3. The van der Waals surface area contributed by atoms with Gasteiger partial charge in [-0.25, -0.2) is 19.4 Å². The van der Waals surface area contributed by atoms with E-state index in [0.29, 0.717) is 37.4 Å². The number of aromatic nitrogens is 2. The van der Waals surface area contributed by atoms with Crippen molar-refractivity contribution >= 4 is 23.4 Å². The molecule has 1 atom stereocenters. The van der Waals surface area contributed by atoms with Crippen LogP contribution in [0.15, 0.2) is 54.1 Å². The lowest BCUT2D eigenvalue weighted by Gasteiger charge is -2.48. The molecule has 1 aromatic heterocycles. The van der Waals surface area contributed by atoms with E-state index in [0.717, 1.165) is 23.2 Å². The highest BCUT2D eigenvalue weighted by Gasteiger charge is 2.53. The number of nitrogens with one attached hydrogen (secondary N) is 2. The molecule has 1 fully saturated rings. The first-order valence-corrected chi connectivity index (χ1v) is 20.1. The predicted octanol–water partition coefficient (Wildman–Crippen LogP) is 4.70. The molecule has 1 aliphatic carbocycles. The van der Waals surface area contributed by atoms with E-state index in [1.807, 2.05) is 0 Å². The van der Waals surface area contributed by atoms with Crippen LogP contribution in [0.4, 0.5) is 40.8 Å². The standard InChI is InChI=1S/C41H46F8N6O10/c1-54-39(9-2-3-10-39)36(59)33(37(60)53-28-6-5-25(40(44,45)46)18-27(28)29-19-31(41(47,48)49)52-23-51-29)38(61)55(54)21-24-4-7-30(35(43)34(24)42)65-17-16-64-15-14-63-13-12-62-11-8-32(58)50-20-26(57)22-56/h4-7,18-19,23,26,56-57,59H,2-3,8-17,20-22H2,1H3,(H,50,58)(H,53,60). The van der Waals surface area contributed by atoms with Gasteiger partial charge in [0.25, 0.3) is 11.8 Å². The van der Waals surface area contributed by atoms with Crippen LogP contribution in [0.2, 0.25) is 0 Å². The van der Waals surface area contributed by atoms with Crippen molar-refractivity contribution in [3.63, 3.8) is 0 Å². The monoisotopic (exact) mass is 934 g/mol. The highest BCUT2D eigenvalue weighted by molar-refractivity contribution is 6.24. The van der Waals surface area contributed by atoms with E-state index < -0.39 is 106 Å². The number of likely N-dealkylation sites (N-methyl/N-ethyl adjacent to an activating group) is 1. The van der Waals surface area contributed by atoms with Crippen LogP contribution in [0.3, 0.4) is 0 Å². The lowest BCUT2D eigenvalue weighted by atomic mass is 9.88. The normalized spacial score (nSPS) is 16.0. The number of amides is 3. The van der Waals surface area contributed by atoms with Crippen molar-refractivity contribution in [1.82, 2.24) is 25.3 Å². The van der Waals surface area contributed by atoms with Gasteiger partial charge in [-0.2, -0.15) is 30.7 Å². The number of alkyl halides is 6. The molecule has 24 heteroatoms. The summed E-state index contributed by atoms with van der Waals surface area (Å²) in [7, 11) is 1.40. The van der Waals surface area contributed by atoms with Crippen molar-refractivity contribution in [3.8, 4) is 17.0 Å². The molecule has 1 unspecified atom stereocenters. The number of anilines is 1. The van der Waals surface area contributed by atoms with E-state index in [-0.39, 0.29) is 83.5 Å². The molecule has 0 saturated heterocycles. The SMILES string of the molecule is CN1N(Cc2ccc(OCCOCCOCCOCCC(=O)NCC(O)CO)c(F)c2F)C(=O)C(C(=O)Nc2ccc(C(F)(F)F)cc2-c2cc(C(F)(F)F)ncn2)=C(O)C12CCCC2. The first kappa shape index (κ1) is 50.5.